The molecule has 0 aromatic heterocycles. The first-order valence-electron chi connectivity index (χ1n) is 6.66. The molecule has 21 heavy (non-hydrogen) atoms. The zero-order valence-electron chi connectivity index (χ0n) is 13.2. The second-order valence-electron chi connectivity index (χ2n) is 4.39. The van der Waals surface area contributed by atoms with E-state index in [2.05, 4.69) is 4.74 Å². The fourth-order valence-corrected chi connectivity index (χ4v) is 2.97. The van der Waals surface area contributed by atoms with Gasteiger partial charge in [0.15, 0.2) is 0 Å². The summed E-state index contributed by atoms with van der Waals surface area (Å²) in [5, 5.41) is 0. The molecule has 0 heterocycles. The SMILES string of the molecule is COCCCN(CCOC)S(=O)(=O)N(C)CCC(=O)OC. The van der Waals surface area contributed by atoms with E-state index in [1.165, 1.54) is 25.6 Å². The smallest absolute Gasteiger partial charge is 0.306 e. The average molecular weight is 326 g/mol. The van der Waals surface area contributed by atoms with Gasteiger partial charge in [-0.15, -0.1) is 0 Å². The van der Waals surface area contributed by atoms with Crippen LogP contribution in [0.25, 0.3) is 0 Å². The lowest BCUT2D eigenvalue weighted by Crippen LogP contribution is -2.44. The van der Waals surface area contributed by atoms with Crippen molar-refractivity contribution in [3.63, 3.8) is 0 Å². The third-order valence-electron chi connectivity index (χ3n) is 2.88. The highest BCUT2D eigenvalue weighted by Gasteiger charge is 2.26. The van der Waals surface area contributed by atoms with Crippen molar-refractivity contribution in [2.45, 2.75) is 12.8 Å². The monoisotopic (exact) mass is 326 g/mol. The number of hydrogen-bond donors (Lipinski definition) is 0. The van der Waals surface area contributed by atoms with Crippen LogP contribution < -0.4 is 0 Å². The standard InChI is InChI=1S/C12H26N2O6S/c1-13(8-6-12(15)20-4)21(16,17)14(9-11-19-3)7-5-10-18-2/h5-11H2,1-4H3. The van der Waals surface area contributed by atoms with Crippen molar-refractivity contribution in [3.8, 4) is 0 Å². The lowest BCUT2D eigenvalue weighted by Gasteiger charge is -2.27. The summed E-state index contributed by atoms with van der Waals surface area (Å²) < 4.78 is 41.7. The Labute approximate surface area is 127 Å². The summed E-state index contributed by atoms with van der Waals surface area (Å²) in [6.45, 7) is 1.44. The molecule has 0 aliphatic carbocycles. The van der Waals surface area contributed by atoms with Gasteiger partial charge in [-0.2, -0.15) is 17.0 Å². The summed E-state index contributed by atoms with van der Waals surface area (Å²) in [5.41, 5.74) is 0. The number of rotatable bonds is 12. The van der Waals surface area contributed by atoms with E-state index in [4.69, 9.17) is 9.47 Å². The summed E-state index contributed by atoms with van der Waals surface area (Å²) in [6, 6.07) is 0. The Morgan fingerprint density at radius 3 is 2.14 bits per heavy atom. The number of carbonyl (C=O) groups is 1. The van der Waals surface area contributed by atoms with Crippen LogP contribution in [0.4, 0.5) is 0 Å². The van der Waals surface area contributed by atoms with E-state index >= 15 is 0 Å². The quantitative estimate of drug-likeness (QED) is 0.362. The minimum Gasteiger partial charge on any atom is -0.469 e. The lowest BCUT2D eigenvalue weighted by molar-refractivity contribution is -0.140. The first-order valence-corrected chi connectivity index (χ1v) is 8.06. The molecule has 0 rings (SSSR count). The van der Waals surface area contributed by atoms with Gasteiger partial charge in [-0.05, 0) is 6.42 Å². The number of nitrogens with zero attached hydrogens (tertiary/aromatic N) is 2. The van der Waals surface area contributed by atoms with Crippen molar-refractivity contribution >= 4 is 16.2 Å². The number of esters is 1. The van der Waals surface area contributed by atoms with Gasteiger partial charge in [-0.1, -0.05) is 0 Å². The molecule has 0 amide bonds. The van der Waals surface area contributed by atoms with Gasteiger partial charge in [0.05, 0.1) is 20.1 Å². The van der Waals surface area contributed by atoms with Crippen LogP contribution >= 0.6 is 0 Å². The molecule has 0 unspecified atom stereocenters. The van der Waals surface area contributed by atoms with Crippen molar-refractivity contribution in [1.82, 2.24) is 8.61 Å². The van der Waals surface area contributed by atoms with E-state index in [1.54, 1.807) is 7.11 Å². The van der Waals surface area contributed by atoms with Crippen LogP contribution in [-0.2, 0) is 29.2 Å². The molecule has 9 heteroatoms. The minimum atomic E-state index is -3.63. The van der Waals surface area contributed by atoms with Gasteiger partial charge in [-0.25, -0.2) is 0 Å². The Bertz CT molecular complexity index is 387. The van der Waals surface area contributed by atoms with E-state index in [0.29, 0.717) is 26.2 Å². The molecule has 0 saturated heterocycles. The van der Waals surface area contributed by atoms with E-state index in [0.717, 1.165) is 4.31 Å². The largest absolute Gasteiger partial charge is 0.469 e. The van der Waals surface area contributed by atoms with Crippen molar-refractivity contribution in [3.05, 3.63) is 0 Å². The number of ether oxygens (including phenoxy) is 3. The molecule has 0 bridgehead atoms. The third-order valence-corrected chi connectivity index (χ3v) is 4.87. The highest BCUT2D eigenvalue weighted by atomic mass is 32.2. The number of carbonyl (C=O) groups excluding carboxylic acids is 1. The Hall–Kier alpha value is -0.740. The second-order valence-corrected chi connectivity index (χ2v) is 6.43. The zero-order chi connectivity index (χ0) is 16.3. The second kappa shape index (κ2) is 10.9. The summed E-state index contributed by atoms with van der Waals surface area (Å²) in [6.07, 6.45) is 0.604. The molecule has 0 fully saturated rings. The van der Waals surface area contributed by atoms with Gasteiger partial charge in [0.2, 0.25) is 0 Å². The molecular weight excluding hydrogens is 300 g/mol. The molecule has 0 aliphatic heterocycles. The van der Waals surface area contributed by atoms with Crippen molar-refractivity contribution < 1.29 is 27.4 Å². The Kier molecular flexibility index (Phi) is 10.5. The summed E-state index contributed by atoms with van der Waals surface area (Å²) in [4.78, 5) is 11.1. The normalized spacial score (nSPS) is 12.1. The van der Waals surface area contributed by atoms with E-state index in [9.17, 15) is 13.2 Å². The summed E-state index contributed by atoms with van der Waals surface area (Å²) >= 11 is 0. The zero-order valence-corrected chi connectivity index (χ0v) is 14.0. The van der Waals surface area contributed by atoms with E-state index < -0.39 is 16.2 Å². The topological polar surface area (TPSA) is 85.4 Å². The van der Waals surface area contributed by atoms with Crippen LogP contribution in [0.3, 0.4) is 0 Å². The number of hydrogen-bond acceptors (Lipinski definition) is 6. The molecule has 126 valence electrons. The fourth-order valence-electron chi connectivity index (χ4n) is 1.58. The first kappa shape index (κ1) is 20.3. The van der Waals surface area contributed by atoms with Crippen LogP contribution in [0.1, 0.15) is 12.8 Å². The van der Waals surface area contributed by atoms with Gasteiger partial charge < -0.3 is 14.2 Å². The van der Waals surface area contributed by atoms with Gasteiger partial charge in [0.1, 0.15) is 0 Å². The molecule has 0 aromatic carbocycles. The lowest BCUT2D eigenvalue weighted by atomic mass is 10.4. The molecule has 0 radical (unpaired) electrons. The van der Waals surface area contributed by atoms with Crippen LogP contribution in [0.2, 0.25) is 0 Å². The van der Waals surface area contributed by atoms with E-state index in [1.807, 2.05) is 0 Å². The molecular formula is C12H26N2O6S. The molecule has 0 spiro atoms. The fraction of sp³-hybridized carbons (Fsp3) is 0.917. The molecule has 8 nitrogen and oxygen atoms in total. The van der Waals surface area contributed by atoms with Crippen LogP contribution in [-0.4, -0.2) is 84.2 Å². The minimum absolute atomic E-state index is 0.0163. The van der Waals surface area contributed by atoms with Crippen LogP contribution in [0.5, 0.6) is 0 Å². The Balaban J connectivity index is 4.68. The third kappa shape index (κ3) is 7.72. The van der Waals surface area contributed by atoms with Crippen molar-refractivity contribution in [2.75, 3.05) is 61.2 Å². The van der Waals surface area contributed by atoms with Crippen LogP contribution in [0.15, 0.2) is 0 Å². The highest BCUT2D eigenvalue weighted by Crippen LogP contribution is 2.08. The predicted molar refractivity (Wildman–Crippen MR) is 78.1 cm³/mol. The van der Waals surface area contributed by atoms with Gasteiger partial charge in [-0.3, -0.25) is 4.79 Å². The Morgan fingerprint density at radius 2 is 1.62 bits per heavy atom. The highest BCUT2D eigenvalue weighted by molar-refractivity contribution is 7.86. The number of methoxy groups -OCH3 is 3. The molecule has 0 saturated carbocycles. The van der Waals surface area contributed by atoms with Crippen LogP contribution in [0, 0.1) is 0 Å². The maximum Gasteiger partial charge on any atom is 0.306 e. The summed E-state index contributed by atoms with van der Waals surface area (Å²) in [5.74, 6) is -0.445. The molecule has 0 atom stereocenters. The maximum absolute atomic E-state index is 12.4. The molecule has 0 aliphatic rings. The molecule has 0 N–H and O–H groups in total. The predicted octanol–water partition coefficient (Wildman–Crippen LogP) is -0.289. The van der Waals surface area contributed by atoms with E-state index in [-0.39, 0.29) is 19.5 Å². The van der Waals surface area contributed by atoms with Crippen molar-refractivity contribution in [1.29, 1.82) is 0 Å². The first-order chi connectivity index (χ1) is 9.89. The van der Waals surface area contributed by atoms with Gasteiger partial charge >= 0.3 is 5.97 Å². The Morgan fingerprint density at radius 1 is 1.00 bits per heavy atom. The average Bonchev–Trinajstić information content (AvgIpc) is 2.47. The summed E-state index contributed by atoms with van der Waals surface area (Å²) in [7, 11) is 2.16. The van der Waals surface area contributed by atoms with Gasteiger partial charge in [0, 0.05) is 47.5 Å². The van der Waals surface area contributed by atoms with Gasteiger partial charge in [0.25, 0.3) is 10.2 Å². The van der Waals surface area contributed by atoms with Crippen molar-refractivity contribution in [2.24, 2.45) is 0 Å². The maximum atomic E-state index is 12.4. The molecule has 0 aromatic rings.